The number of nitrogens with zero attached hydrogens (tertiary/aromatic N) is 3. The molecule has 10 heteroatoms. The molecule has 2 N–H and O–H groups in total. The van der Waals surface area contributed by atoms with Crippen LogP contribution in [0.5, 0.6) is 0 Å². The number of aliphatic imine (C=N–C) groups is 1. The van der Waals surface area contributed by atoms with Gasteiger partial charge >= 0.3 is 5.97 Å². The zero-order valence-electron chi connectivity index (χ0n) is 16.6. The first-order valence-corrected chi connectivity index (χ1v) is 9.43. The van der Waals surface area contributed by atoms with Gasteiger partial charge in [0.25, 0.3) is 0 Å². The molecule has 3 rings (SSSR count). The fraction of sp³-hybridized carbons (Fsp3) is 0.579. The van der Waals surface area contributed by atoms with Crippen molar-refractivity contribution >= 4 is 53.9 Å². The van der Waals surface area contributed by atoms with Crippen LogP contribution in [0.1, 0.15) is 12.8 Å². The second-order valence-corrected chi connectivity index (χ2v) is 6.84. The van der Waals surface area contributed by atoms with Crippen molar-refractivity contribution in [2.45, 2.75) is 18.9 Å². The highest BCUT2D eigenvalue weighted by Crippen LogP contribution is 2.31. The van der Waals surface area contributed by atoms with E-state index in [1.54, 1.807) is 6.08 Å². The summed E-state index contributed by atoms with van der Waals surface area (Å²) in [5.74, 6) is -0.380. The van der Waals surface area contributed by atoms with Crippen molar-refractivity contribution in [2.24, 2.45) is 4.99 Å². The molecule has 2 heterocycles. The van der Waals surface area contributed by atoms with Gasteiger partial charge in [0.1, 0.15) is 12.2 Å². The third-order valence-corrected chi connectivity index (χ3v) is 5.30. The second kappa shape index (κ2) is 12.7. The molecule has 0 radical (unpaired) electrons. The molecule has 2 aliphatic rings. The number of rotatable bonds is 6. The summed E-state index contributed by atoms with van der Waals surface area (Å²) < 4.78 is 4.62. The molecule has 8 nitrogen and oxygen atoms in total. The maximum absolute atomic E-state index is 11.3. The molecule has 1 aromatic carbocycles. The van der Waals surface area contributed by atoms with E-state index in [-0.39, 0.29) is 37.3 Å². The van der Waals surface area contributed by atoms with Gasteiger partial charge in [0.05, 0.1) is 12.8 Å². The molecular formula is C19H29Cl2N5O3. The summed E-state index contributed by atoms with van der Waals surface area (Å²) in [7, 11) is 1.33. The Morgan fingerprint density at radius 3 is 2.55 bits per heavy atom. The van der Waals surface area contributed by atoms with Crippen molar-refractivity contribution in [3.63, 3.8) is 0 Å². The van der Waals surface area contributed by atoms with Crippen LogP contribution in [0, 0.1) is 0 Å². The molecule has 0 saturated carbocycles. The monoisotopic (exact) mass is 445 g/mol. The van der Waals surface area contributed by atoms with E-state index in [1.807, 2.05) is 18.2 Å². The topological polar surface area (TPSA) is 86.3 Å². The van der Waals surface area contributed by atoms with Gasteiger partial charge in [-0.3, -0.25) is 9.69 Å². The number of halogens is 2. The zero-order chi connectivity index (χ0) is 19.1. The van der Waals surface area contributed by atoms with E-state index in [4.69, 9.17) is 0 Å². The highest BCUT2D eigenvalue weighted by atomic mass is 35.5. The molecule has 2 aliphatic heterocycles. The first-order valence-electron chi connectivity index (χ1n) is 9.43. The van der Waals surface area contributed by atoms with Gasteiger partial charge in [0.2, 0.25) is 6.08 Å². The molecule has 2 fully saturated rings. The number of hydrogen-bond donors (Lipinski definition) is 2. The summed E-state index contributed by atoms with van der Waals surface area (Å²) in [5.41, 5.74) is 2.12. The van der Waals surface area contributed by atoms with Crippen molar-refractivity contribution in [3.05, 3.63) is 18.2 Å². The van der Waals surface area contributed by atoms with Crippen LogP contribution in [0.15, 0.2) is 23.2 Å². The van der Waals surface area contributed by atoms with Crippen LogP contribution in [-0.4, -0.2) is 75.9 Å². The number of hydrogen-bond acceptors (Lipinski definition) is 8. The van der Waals surface area contributed by atoms with Gasteiger partial charge in [-0.15, -0.1) is 24.8 Å². The van der Waals surface area contributed by atoms with Crippen LogP contribution in [0.25, 0.3) is 0 Å². The van der Waals surface area contributed by atoms with Crippen molar-refractivity contribution in [1.29, 1.82) is 0 Å². The van der Waals surface area contributed by atoms with Crippen LogP contribution < -0.4 is 15.5 Å². The first-order chi connectivity index (χ1) is 13.2. The van der Waals surface area contributed by atoms with Gasteiger partial charge in [-0.2, -0.15) is 4.99 Å². The number of esters is 1. The van der Waals surface area contributed by atoms with Gasteiger partial charge in [-0.1, -0.05) is 0 Å². The smallest absolute Gasteiger partial charge is 0.325 e. The Kier molecular flexibility index (Phi) is 11.0. The maximum atomic E-state index is 11.3. The average molecular weight is 446 g/mol. The summed E-state index contributed by atoms with van der Waals surface area (Å²) in [6.07, 6.45) is 4.03. The van der Waals surface area contributed by atoms with Crippen molar-refractivity contribution < 1.29 is 14.3 Å². The van der Waals surface area contributed by atoms with Gasteiger partial charge < -0.3 is 20.3 Å². The number of isocyanates is 1. The predicted molar refractivity (Wildman–Crippen MR) is 119 cm³/mol. The molecule has 0 atom stereocenters. The summed E-state index contributed by atoms with van der Waals surface area (Å²) in [5, 5.41) is 6.37. The van der Waals surface area contributed by atoms with Gasteiger partial charge in [-0.05, 0) is 44.1 Å². The number of carbonyl (C=O) groups is 1. The van der Waals surface area contributed by atoms with E-state index >= 15 is 0 Å². The third-order valence-electron chi connectivity index (χ3n) is 5.30. The number of nitrogens with one attached hydrogen (secondary N) is 2. The number of piperazine rings is 1. The van der Waals surface area contributed by atoms with Crippen LogP contribution in [-0.2, 0) is 14.3 Å². The van der Waals surface area contributed by atoms with Crippen LogP contribution in [0.3, 0.4) is 0 Å². The van der Waals surface area contributed by atoms with E-state index in [0.29, 0.717) is 17.4 Å². The lowest BCUT2D eigenvalue weighted by molar-refractivity contribution is -0.138. The minimum atomic E-state index is -0.380. The van der Waals surface area contributed by atoms with Gasteiger partial charge in [0, 0.05) is 37.9 Å². The summed E-state index contributed by atoms with van der Waals surface area (Å²) in [4.78, 5) is 30.8. The fourth-order valence-corrected chi connectivity index (χ4v) is 3.76. The van der Waals surface area contributed by atoms with Crippen LogP contribution in [0.2, 0.25) is 0 Å². The summed E-state index contributed by atoms with van der Waals surface area (Å²) in [6.45, 7) is 6.22. The van der Waals surface area contributed by atoms with Crippen molar-refractivity contribution in [1.82, 2.24) is 10.2 Å². The number of anilines is 2. The highest BCUT2D eigenvalue weighted by molar-refractivity contribution is 5.85. The number of ether oxygens (including phenoxy) is 1. The van der Waals surface area contributed by atoms with E-state index < -0.39 is 0 Å². The fourth-order valence-electron chi connectivity index (χ4n) is 3.76. The molecule has 162 valence electrons. The first kappa shape index (κ1) is 25.2. The number of piperidine rings is 1. The van der Waals surface area contributed by atoms with Crippen molar-refractivity contribution in [2.75, 3.05) is 63.1 Å². The SMILES string of the molecule is COC(=O)CNc1ccc(N2CCN(C3CCNCC3)CC2)cc1N=C=O.Cl.Cl. The number of benzene rings is 1. The minimum absolute atomic E-state index is 0. The van der Waals surface area contributed by atoms with E-state index in [2.05, 4.69) is 30.2 Å². The zero-order valence-corrected chi connectivity index (χ0v) is 18.2. The second-order valence-electron chi connectivity index (χ2n) is 6.84. The molecule has 1 aromatic rings. The largest absolute Gasteiger partial charge is 0.468 e. The minimum Gasteiger partial charge on any atom is -0.468 e. The summed E-state index contributed by atoms with van der Waals surface area (Å²) in [6, 6.07) is 6.38. The molecule has 0 unspecified atom stereocenters. The quantitative estimate of drug-likeness (QED) is 0.393. The lowest BCUT2D eigenvalue weighted by atomic mass is 10.0. The summed E-state index contributed by atoms with van der Waals surface area (Å²) >= 11 is 0. The molecule has 0 aromatic heterocycles. The Bertz CT molecular complexity index is 701. The van der Waals surface area contributed by atoms with Crippen molar-refractivity contribution in [3.8, 4) is 0 Å². The predicted octanol–water partition coefficient (Wildman–Crippen LogP) is 1.96. The number of carbonyl (C=O) groups excluding carboxylic acids is 2. The molecule has 0 aliphatic carbocycles. The maximum Gasteiger partial charge on any atom is 0.325 e. The molecular weight excluding hydrogens is 417 g/mol. The van der Waals surface area contributed by atoms with E-state index in [0.717, 1.165) is 45.0 Å². The Morgan fingerprint density at radius 2 is 1.93 bits per heavy atom. The third kappa shape index (κ3) is 6.87. The van der Waals surface area contributed by atoms with Crippen LogP contribution in [0.4, 0.5) is 17.1 Å². The molecule has 0 bridgehead atoms. The van der Waals surface area contributed by atoms with E-state index in [9.17, 15) is 9.59 Å². The normalized spacial score (nSPS) is 17.3. The highest BCUT2D eigenvalue weighted by Gasteiger charge is 2.25. The lowest BCUT2D eigenvalue weighted by Crippen LogP contribution is -2.52. The molecule has 0 amide bonds. The lowest BCUT2D eigenvalue weighted by Gasteiger charge is -2.41. The molecule has 0 spiro atoms. The molecule has 2 saturated heterocycles. The Hall–Kier alpha value is -1.83. The number of methoxy groups -OCH3 is 1. The molecule has 29 heavy (non-hydrogen) atoms. The van der Waals surface area contributed by atoms with E-state index in [1.165, 1.54) is 20.0 Å². The Morgan fingerprint density at radius 1 is 1.24 bits per heavy atom. The Balaban J connectivity index is 0.00000210. The van der Waals surface area contributed by atoms with Gasteiger partial charge in [-0.25, -0.2) is 4.79 Å². The van der Waals surface area contributed by atoms with Crippen LogP contribution >= 0.6 is 24.8 Å². The van der Waals surface area contributed by atoms with Gasteiger partial charge in [0.15, 0.2) is 0 Å². The standard InChI is InChI=1S/C19H27N5O3.2ClH/c1-27-19(26)13-21-17-3-2-16(12-18(17)22-14-25)24-10-8-23(9-11-24)15-4-6-20-7-5-15;;/h2-3,12,15,20-21H,4-11,13H2,1H3;2*1H. The Labute approximate surface area is 183 Å². The average Bonchev–Trinajstić information content (AvgIpc) is 2.73.